The Bertz CT molecular complexity index is 161. The predicted octanol–water partition coefficient (Wildman–Crippen LogP) is 0.686. The van der Waals surface area contributed by atoms with Gasteiger partial charge in [-0.1, -0.05) is 15.9 Å². The minimum Gasteiger partial charge on any atom is -0.433 e. The molecular weight excluding hydrogens is 228 g/mol. The maximum Gasteiger partial charge on any atom is 0.318 e. The van der Waals surface area contributed by atoms with E-state index in [0.29, 0.717) is 13.2 Å². The van der Waals surface area contributed by atoms with Crippen molar-refractivity contribution >= 4 is 21.9 Å². The van der Waals surface area contributed by atoms with Crippen LogP contribution in [-0.4, -0.2) is 36.9 Å². The number of rotatable bonds is 2. The molecule has 1 rings (SSSR count). The van der Waals surface area contributed by atoms with E-state index in [1.807, 2.05) is 6.92 Å². The molecule has 0 aromatic rings. The van der Waals surface area contributed by atoms with Crippen molar-refractivity contribution < 1.29 is 19.0 Å². The number of hydrogen-bond donors (Lipinski definition) is 0. The second-order valence-corrected chi connectivity index (χ2v) is 3.10. The summed E-state index contributed by atoms with van der Waals surface area (Å²) in [7, 11) is 0. The van der Waals surface area contributed by atoms with Gasteiger partial charge >= 0.3 is 5.97 Å². The number of ether oxygens (including phenoxy) is 3. The number of hydrogen-bond acceptors (Lipinski definition) is 4. The Morgan fingerprint density at radius 3 is 3.00 bits per heavy atom. The molecule has 1 heterocycles. The molecule has 0 amide bonds. The van der Waals surface area contributed by atoms with Crippen molar-refractivity contribution in [3.8, 4) is 0 Å². The average Bonchev–Trinajstić information content (AvgIpc) is 2.04. The number of carbonyl (C=O) groups is 1. The van der Waals surface area contributed by atoms with E-state index in [-0.39, 0.29) is 17.4 Å². The first kappa shape index (κ1) is 9.95. The van der Waals surface area contributed by atoms with Crippen molar-refractivity contribution in [2.45, 2.75) is 19.3 Å². The summed E-state index contributed by atoms with van der Waals surface area (Å²) in [5, 5.41) is 0.182. The lowest BCUT2D eigenvalue weighted by molar-refractivity contribution is -0.232. The molecule has 0 aromatic carbocycles. The quantitative estimate of drug-likeness (QED) is 0.525. The van der Waals surface area contributed by atoms with Crippen LogP contribution >= 0.6 is 15.9 Å². The van der Waals surface area contributed by atoms with E-state index >= 15 is 0 Å². The van der Waals surface area contributed by atoms with Crippen LogP contribution in [0, 0.1) is 0 Å². The lowest BCUT2D eigenvalue weighted by Gasteiger charge is -2.27. The maximum absolute atomic E-state index is 10.8. The highest BCUT2D eigenvalue weighted by molar-refractivity contribution is 9.09. The molecule has 0 spiro atoms. The minimum absolute atomic E-state index is 0.00752. The molecule has 1 aliphatic rings. The molecule has 2 unspecified atom stereocenters. The molecule has 0 saturated carbocycles. The first-order chi connectivity index (χ1) is 5.72. The van der Waals surface area contributed by atoms with Gasteiger partial charge in [-0.2, -0.15) is 0 Å². The van der Waals surface area contributed by atoms with Gasteiger partial charge in [-0.3, -0.25) is 4.79 Å². The Labute approximate surface area is 79.3 Å². The first-order valence-electron chi connectivity index (χ1n) is 3.71. The van der Waals surface area contributed by atoms with Crippen molar-refractivity contribution in [2.24, 2.45) is 0 Å². The standard InChI is InChI=1S/C7H11BrO4/c1-5-3-10-4-7(11-5)12-6(9)2-8/h5,7H,2-4H2,1H3. The summed E-state index contributed by atoms with van der Waals surface area (Å²) < 4.78 is 15.3. The van der Waals surface area contributed by atoms with Crippen molar-refractivity contribution in [2.75, 3.05) is 18.5 Å². The second kappa shape index (κ2) is 4.79. The number of esters is 1. The average molecular weight is 239 g/mol. The zero-order valence-corrected chi connectivity index (χ0v) is 8.37. The van der Waals surface area contributed by atoms with Gasteiger partial charge in [0.2, 0.25) is 6.29 Å². The fourth-order valence-electron chi connectivity index (χ4n) is 0.908. The van der Waals surface area contributed by atoms with Crippen molar-refractivity contribution in [3.05, 3.63) is 0 Å². The predicted molar refractivity (Wildman–Crippen MR) is 45.0 cm³/mol. The van der Waals surface area contributed by atoms with Crippen LogP contribution in [0.25, 0.3) is 0 Å². The van der Waals surface area contributed by atoms with E-state index in [2.05, 4.69) is 15.9 Å². The van der Waals surface area contributed by atoms with E-state index < -0.39 is 6.29 Å². The Morgan fingerprint density at radius 2 is 2.42 bits per heavy atom. The fraction of sp³-hybridized carbons (Fsp3) is 0.857. The second-order valence-electron chi connectivity index (χ2n) is 2.54. The van der Waals surface area contributed by atoms with Gasteiger partial charge in [0, 0.05) is 0 Å². The number of alkyl halides is 1. The van der Waals surface area contributed by atoms with Crippen molar-refractivity contribution in [1.82, 2.24) is 0 Å². The topological polar surface area (TPSA) is 44.8 Å². The van der Waals surface area contributed by atoms with Crippen LogP contribution in [0.5, 0.6) is 0 Å². The van der Waals surface area contributed by atoms with Gasteiger partial charge in [-0.25, -0.2) is 0 Å². The van der Waals surface area contributed by atoms with E-state index in [4.69, 9.17) is 14.2 Å². The molecule has 0 bridgehead atoms. The molecular formula is C7H11BrO4. The SMILES string of the molecule is CC1COCC(OC(=O)CBr)O1. The van der Waals surface area contributed by atoms with Crippen LogP contribution in [0.2, 0.25) is 0 Å². The summed E-state index contributed by atoms with van der Waals surface area (Å²) in [5.41, 5.74) is 0. The molecule has 0 aliphatic carbocycles. The molecule has 0 N–H and O–H groups in total. The number of halogens is 1. The van der Waals surface area contributed by atoms with E-state index in [1.165, 1.54) is 0 Å². The Balaban J connectivity index is 2.27. The molecule has 1 aliphatic heterocycles. The Morgan fingerprint density at radius 1 is 1.67 bits per heavy atom. The van der Waals surface area contributed by atoms with Crippen LogP contribution in [0.4, 0.5) is 0 Å². The van der Waals surface area contributed by atoms with Crippen molar-refractivity contribution in [1.29, 1.82) is 0 Å². The van der Waals surface area contributed by atoms with Gasteiger partial charge in [-0.15, -0.1) is 0 Å². The van der Waals surface area contributed by atoms with Crippen LogP contribution in [0.3, 0.4) is 0 Å². The lowest BCUT2D eigenvalue weighted by Crippen LogP contribution is -2.37. The molecule has 70 valence electrons. The summed E-state index contributed by atoms with van der Waals surface area (Å²) in [5.74, 6) is -0.335. The van der Waals surface area contributed by atoms with Gasteiger partial charge in [0.15, 0.2) is 0 Å². The zero-order chi connectivity index (χ0) is 8.97. The lowest BCUT2D eigenvalue weighted by atomic mass is 10.4. The third-order valence-electron chi connectivity index (χ3n) is 1.36. The Kier molecular flexibility index (Phi) is 3.97. The summed E-state index contributed by atoms with van der Waals surface area (Å²) in [6, 6.07) is 0. The molecule has 0 aromatic heterocycles. The van der Waals surface area contributed by atoms with Gasteiger partial charge in [0.05, 0.1) is 12.7 Å². The normalized spacial score (nSPS) is 29.8. The highest BCUT2D eigenvalue weighted by atomic mass is 79.9. The molecule has 0 radical (unpaired) electrons. The summed E-state index contributed by atoms with van der Waals surface area (Å²) in [6.07, 6.45) is -0.550. The van der Waals surface area contributed by atoms with Crippen LogP contribution in [0.15, 0.2) is 0 Å². The van der Waals surface area contributed by atoms with Gasteiger partial charge < -0.3 is 14.2 Å². The van der Waals surface area contributed by atoms with Gasteiger partial charge in [0.25, 0.3) is 0 Å². The van der Waals surface area contributed by atoms with Crippen LogP contribution in [-0.2, 0) is 19.0 Å². The monoisotopic (exact) mass is 238 g/mol. The van der Waals surface area contributed by atoms with E-state index in [0.717, 1.165) is 0 Å². The third-order valence-corrected chi connectivity index (χ3v) is 1.82. The van der Waals surface area contributed by atoms with E-state index in [1.54, 1.807) is 0 Å². The molecule has 2 atom stereocenters. The highest BCUT2D eigenvalue weighted by Gasteiger charge is 2.22. The third kappa shape index (κ3) is 3.08. The van der Waals surface area contributed by atoms with Gasteiger partial charge in [-0.05, 0) is 6.92 Å². The molecule has 5 heteroatoms. The van der Waals surface area contributed by atoms with Crippen LogP contribution < -0.4 is 0 Å². The number of carbonyl (C=O) groups excluding carboxylic acids is 1. The van der Waals surface area contributed by atoms with Gasteiger partial charge in [0.1, 0.15) is 11.9 Å². The first-order valence-corrected chi connectivity index (χ1v) is 4.83. The minimum atomic E-state index is -0.543. The maximum atomic E-state index is 10.8. The fourth-order valence-corrected chi connectivity index (χ4v) is 1.04. The summed E-state index contributed by atoms with van der Waals surface area (Å²) in [4.78, 5) is 10.8. The Hall–Kier alpha value is -0.130. The molecule has 1 fully saturated rings. The summed E-state index contributed by atoms with van der Waals surface area (Å²) >= 11 is 2.99. The molecule has 12 heavy (non-hydrogen) atoms. The van der Waals surface area contributed by atoms with Crippen molar-refractivity contribution in [3.63, 3.8) is 0 Å². The largest absolute Gasteiger partial charge is 0.433 e. The molecule has 1 saturated heterocycles. The smallest absolute Gasteiger partial charge is 0.318 e. The zero-order valence-electron chi connectivity index (χ0n) is 6.79. The van der Waals surface area contributed by atoms with E-state index in [9.17, 15) is 4.79 Å². The highest BCUT2D eigenvalue weighted by Crippen LogP contribution is 2.08. The summed E-state index contributed by atoms with van der Waals surface area (Å²) in [6.45, 7) is 2.75. The van der Waals surface area contributed by atoms with Crippen LogP contribution in [0.1, 0.15) is 6.92 Å². The molecule has 4 nitrogen and oxygen atoms in total.